The van der Waals surface area contributed by atoms with E-state index in [-0.39, 0.29) is 58.2 Å². The zero-order valence-corrected chi connectivity index (χ0v) is 11.8. The number of hydrogen-bond acceptors (Lipinski definition) is 2. The molecule has 1 rings (SSSR count). The van der Waals surface area contributed by atoms with Crippen molar-refractivity contribution in [2.75, 3.05) is 0 Å². The fraction of sp³-hybridized carbons (Fsp3) is 0.667. The topological polar surface area (TPSA) is 39.9 Å². The second kappa shape index (κ2) is 4.75. The van der Waals surface area contributed by atoms with E-state index in [0.29, 0.717) is 5.92 Å². The van der Waals surface area contributed by atoms with Gasteiger partial charge in [0, 0.05) is 5.82 Å². The second-order valence-corrected chi connectivity index (χ2v) is 2.37. The maximum Gasteiger partial charge on any atom is 1.00 e. The summed E-state index contributed by atoms with van der Waals surface area (Å²) in [5, 5.41) is 7.63. The quantitative estimate of drug-likeness (QED) is 0.531. The van der Waals surface area contributed by atoms with E-state index in [1.807, 2.05) is 6.92 Å². The summed E-state index contributed by atoms with van der Waals surface area (Å²) in [5.41, 5.74) is 0. The monoisotopic (exact) mass is 209 g/mol. The van der Waals surface area contributed by atoms with Gasteiger partial charge in [-0.15, -0.1) is 0 Å². The summed E-state index contributed by atoms with van der Waals surface area (Å²) in [6, 6.07) is 0. The Hall–Kier alpha value is 0.945. The molecule has 10 heavy (non-hydrogen) atoms. The van der Waals surface area contributed by atoms with E-state index >= 15 is 0 Å². The molecule has 0 spiro atoms. The third-order valence-corrected chi connectivity index (χ3v) is 1.09. The van der Waals surface area contributed by atoms with Gasteiger partial charge in [0.1, 0.15) is 0 Å². The summed E-state index contributed by atoms with van der Waals surface area (Å²) in [7, 11) is 0. The van der Waals surface area contributed by atoms with Gasteiger partial charge in [-0.3, -0.25) is 5.10 Å². The number of aromatic nitrogens is 3. The van der Waals surface area contributed by atoms with Crippen LogP contribution in [-0.4, -0.2) is 10.1 Å². The van der Waals surface area contributed by atoms with Gasteiger partial charge in [-0.05, 0) is 12.8 Å². The molecule has 0 aliphatic carbocycles. The largest absolute Gasteiger partial charge is 1.00 e. The SMILES string of the molecule is Cc1n[n-]c(C(C)C)n1.[Rb+]. The Balaban J connectivity index is 0.000000810. The van der Waals surface area contributed by atoms with Gasteiger partial charge in [-0.2, -0.15) is 0 Å². The molecule has 0 atom stereocenters. The van der Waals surface area contributed by atoms with Crippen molar-refractivity contribution in [3.63, 3.8) is 0 Å². The van der Waals surface area contributed by atoms with Crippen molar-refractivity contribution in [2.24, 2.45) is 0 Å². The zero-order chi connectivity index (χ0) is 6.85. The third-order valence-electron chi connectivity index (χ3n) is 1.09. The number of hydrogen-bond donors (Lipinski definition) is 0. The predicted octanol–water partition coefficient (Wildman–Crippen LogP) is -2.13. The molecule has 50 valence electrons. The van der Waals surface area contributed by atoms with E-state index in [4.69, 9.17) is 0 Å². The molecule has 1 aromatic rings. The summed E-state index contributed by atoms with van der Waals surface area (Å²) < 4.78 is 0. The molecule has 0 amide bonds. The van der Waals surface area contributed by atoms with Crippen LogP contribution in [0.2, 0.25) is 0 Å². The maximum absolute atomic E-state index is 4.09. The molecule has 0 aliphatic rings. The minimum atomic E-state index is 0. The Bertz CT molecular complexity index is 195. The van der Waals surface area contributed by atoms with Crippen LogP contribution in [0.5, 0.6) is 0 Å². The first-order chi connectivity index (χ1) is 4.20. The standard InChI is InChI=1S/C6H10N3.Rb/c1-4(2)6-7-5(3)8-9-6;/h4H,1-3H3;/q-1;+1. The van der Waals surface area contributed by atoms with Crippen molar-refractivity contribution < 1.29 is 58.2 Å². The van der Waals surface area contributed by atoms with Gasteiger partial charge in [0.25, 0.3) is 0 Å². The Morgan fingerprint density at radius 2 is 2.00 bits per heavy atom. The first-order valence-corrected chi connectivity index (χ1v) is 3.04. The van der Waals surface area contributed by atoms with E-state index in [0.717, 1.165) is 11.6 Å². The predicted molar refractivity (Wildman–Crippen MR) is 34.2 cm³/mol. The van der Waals surface area contributed by atoms with Crippen LogP contribution in [0.25, 0.3) is 0 Å². The van der Waals surface area contributed by atoms with Crippen LogP contribution >= 0.6 is 0 Å². The minimum Gasteiger partial charge on any atom is -0.426 e. The van der Waals surface area contributed by atoms with Crippen LogP contribution in [0, 0.1) is 6.92 Å². The molecule has 1 heterocycles. The van der Waals surface area contributed by atoms with Gasteiger partial charge in [0.2, 0.25) is 0 Å². The molecule has 0 N–H and O–H groups in total. The molecule has 0 fully saturated rings. The Kier molecular flexibility index (Phi) is 5.20. The Morgan fingerprint density at radius 1 is 1.40 bits per heavy atom. The van der Waals surface area contributed by atoms with Crippen LogP contribution in [0.4, 0.5) is 0 Å². The van der Waals surface area contributed by atoms with E-state index in [1.165, 1.54) is 0 Å². The van der Waals surface area contributed by atoms with Gasteiger partial charge >= 0.3 is 58.2 Å². The average Bonchev–Trinajstić information content (AvgIpc) is 2.14. The van der Waals surface area contributed by atoms with Gasteiger partial charge in [0.05, 0.1) is 0 Å². The molecule has 0 aromatic carbocycles. The van der Waals surface area contributed by atoms with Crippen molar-refractivity contribution in [1.29, 1.82) is 0 Å². The van der Waals surface area contributed by atoms with Crippen molar-refractivity contribution in [3.8, 4) is 0 Å². The smallest absolute Gasteiger partial charge is 0.426 e. The van der Waals surface area contributed by atoms with Gasteiger partial charge in [0.15, 0.2) is 0 Å². The molecule has 1 aromatic heterocycles. The number of aryl methyl sites for hydroxylation is 1. The van der Waals surface area contributed by atoms with Crippen molar-refractivity contribution in [2.45, 2.75) is 26.7 Å². The molecule has 0 saturated carbocycles. The molecule has 0 bridgehead atoms. The molecular weight excluding hydrogens is 200 g/mol. The van der Waals surface area contributed by atoms with E-state index in [1.54, 1.807) is 0 Å². The summed E-state index contributed by atoms with van der Waals surface area (Å²) in [6.45, 7) is 5.95. The maximum atomic E-state index is 4.09. The molecule has 4 heteroatoms. The molecule has 0 radical (unpaired) electrons. The van der Waals surface area contributed by atoms with E-state index in [2.05, 4.69) is 29.0 Å². The fourth-order valence-corrected chi connectivity index (χ4v) is 0.579. The first kappa shape index (κ1) is 10.9. The normalized spacial score (nSPS) is 9.60. The summed E-state index contributed by atoms with van der Waals surface area (Å²) in [5.74, 6) is 2.00. The summed E-state index contributed by atoms with van der Waals surface area (Å²) in [4.78, 5) is 4.09. The number of nitrogens with zero attached hydrogens (tertiary/aromatic N) is 3. The summed E-state index contributed by atoms with van der Waals surface area (Å²) >= 11 is 0. The van der Waals surface area contributed by atoms with Crippen LogP contribution in [0.3, 0.4) is 0 Å². The third kappa shape index (κ3) is 2.90. The molecule has 0 unspecified atom stereocenters. The van der Waals surface area contributed by atoms with Crippen LogP contribution in [0.1, 0.15) is 31.4 Å². The average molecular weight is 210 g/mol. The minimum absolute atomic E-state index is 0. The van der Waals surface area contributed by atoms with Crippen LogP contribution < -0.4 is 63.3 Å². The van der Waals surface area contributed by atoms with E-state index < -0.39 is 0 Å². The van der Waals surface area contributed by atoms with Crippen molar-refractivity contribution in [1.82, 2.24) is 15.2 Å². The van der Waals surface area contributed by atoms with Crippen LogP contribution in [0.15, 0.2) is 0 Å². The van der Waals surface area contributed by atoms with Crippen LogP contribution in [-0.2, 0) is 0 Å². The molecule has 0 aliphatic heterocycles. The van der Waals surface area contributed by atoms with Gasteiger partial charge < -0.3 is 10.1 Å². The zero-order valence-electron chi connectivity index (χ0n) is 6.92. The van der Waals surface area contributed by atoms with Crippen molar-refractivity contribution >= 4 is 0 Å². The fourth-order valence-electron chi connectivity index (χ4n) is 0.579. The first-order valence-electron chi connectivity index (χ1n) is 3.04. The number of rotatable bonds is 1. The molecule has 3 nitrogen and oxygen atoms in total. The van der Waals surface area contributed by atoms with Gasteiger partial charge in [-0.25, -0.2) is 0 Å². The molecule has 0 saturated heterocycles. The van der Waals surface area contributed by atoms with E-state index in [9.17, 15) is 0 Å². The second-order valence-electron chi connectivity index (χ2n) is 2.37. The van der Waals surface area contributed by atoms with Crippen molar-refractivity contribution in [3.05, 3.63) is 11.6 Å². The Morgan fingerprint density at radius 3 is 2.20 bits per heavy atom. The Labute approximate surface area is 110 Å². The summed E-state index contributed by atoms with van der Waals surface area (Å²) in [6.07, 6.45) is 0. The molecular formula is C6H10N3Rb. The van der Waals surface area contributed by atoms with Gasteiger partial charge in [-0.1, -0.05) is 19.7 Å².